The topological polar surface area (TPSA) is 85.1 Å². The quantitative estimate of drug-likeness (QED) is 0.853. The number of rotatable bonds is 3. The van der Waals surface area contributed by atoms with Crippen molar-refractivity contribution in [1.29, 1.82) is 0 Å². The standard InChI is InChI=1S/C13H14ClN3O2S/c1-8-6-10(14)11(15)7-13(8)20(18,19)17-12-4-3-5-16-9(12)2/h3-7,17H,15H2,1-2H3. The van der Waals surface area contributed by atoms with E-state index in [1.54, 1.807) is 32.2 Å². The Bertz CT molecular complexity index is 760. The number of hydrogen-bond acceptors (Lipinski definition) is 4. The summed E-state index contributed by atoms with van der Waals surface area (Å²) in [6, 6.07) is 6.19. The summed E-state index contributed by atoms with van der Waals surface area (Å²) in [6.45, 7) is 3.39. The highest BCUT2D eigenvalue weighted by Gasteiger charge is 2.19. The lowest BCUT2D eigenvalue weighted by molar-refractivity contribution is 0.600. The minimum absolute atomic E-state index is 0.0997. The molecule has 0 spiro atoms. The molecule has 7 heteroatoms. The first-order valence-electron chi connectivity index (χ1n) is 5.81. The molecule has 1 heterocycles. The third-order valence-corrected chi connectivity index (χ3v) is 4.67. The summed E-state index contributed by atoms with van der Waals surface area (Å²) < 4.78 is 27.3. The van der Waals surface area contributed by atoms with Gasteiger partial charge in [0.05, 0.1) is 27.0 Å². The van der Waals surface area contributed by atoms with Crippen LogP contribution in [0.5, 0.6) is 0 Å². The molecular weight excluding hydrogens is 298 g/mol. The van der Waals surface area contributed by atoms with Crippen LogP contribution >= 0.6 is 11.6 Å². The highest BCUT2D eigenvalue weighted by atomic mass is 35.5. The van der Waals surface area contributed by atoms with Gasteiger partial charge >= 0.3 is 0 Å². The summed E-state index contributed by atoms with van der Waals surface area (Å²) >= 11 is 5.87. The van der Waals surface area contributed by atoms with Crippen LogP contribution in [0.3, 0.4) is 0 Å². The van der Waals surface area contributed by atoms with E-state index >= 15 is 0 Å². The van der Waals surface area contributed by atoms with Crippen LogP contribution in [0.2, 0.25) is 5.02 Å². The van der Waals surface area contributed by atoms with E-state index in [2.05, 4.69) is 9.71 Å². The van der Waals surface area contributed by atoms with E-state index in [0.717, 1.165) is 0 Å². The Hall–Kier alpha value is -1.79. The number of aromatic nitrogens is 1. The Morgan fingerprint density at radius 3 is 2.65 bits per heavy atom. The molecule has 3 N–H and O–H groups in total. The molecule has 0 bridgehead atoms. The maximum absolute atomic E-state index is 12.4. The van der Waals surface area contributed by atoms with Gasteiger partial charge in [-0.05, 0) is 43.7 Å². The molecular formula is C13H14ClN3O2S. The third-order valence-electron chi connectivity index (χ3n) is 2.84. The maximum atomic E-state index is 12.4. The van der Waals surface area contributed by atoms with Crippen LogP contribution in [0, 0.1) is 13.8 Å². The van der Waals surface area contributed by atoms with E-state index in [0.29, 0.717) is 22.0 Å². The molecule has 0 saturated heterocycles. The molecule has 0 unspecified atom stereocenters. The zero-order chi connectivity index (χ0) is 14.9. The molecule has 0 atom stereocenters. The van der Waals surface area contributed by atoms with Gasteiger partial charge in [0.2, 0.25) is 0 Å². The Morgan fingerprint density at radius 2 is 2.00 bits per heavy atom. The number of halogens is 1. The highest BCUT2D eigenvalue weighted by molar-refractivity contribution is 7.92. The normalized spacial score (nSPS) is 11.3. The molecule has 0 aliphatic heterocycles. The van der Waals surface area contributed by atoms with Crippen molar-refractivity contribution >= 4 is 33.0 Å². The number of nitrogens with one attached hydrogen (secondary N) is 1. The predicted molar refractivity (Wildman–Crippen MR) is 80.4 cm³/mol. The number of nitrogens with two attached hydrogens (primary N) is 1. The van der Waals surface area contributed by atoms with Gasteiger partial charge in [-0.25, -0.2) is 8.42 Å². The van der Waals surface area contributed by atoms with Crippen molar-refractivity contribution in [3.05, 3.63) is 46.7 Å². The van der Waals surface area contributed by atoms with Crippen molar-refractivity contribution in [3.8, 4) is 0 Å². The fourth-order valence-electron chi connectivity index (χ4n) is 1.75. The number of anilines is 2. The van der Waals surface area contributed by atoms with Crippen molar-refractivity contribution in [2.45, 2.75) is 18.7 Å². The number of sulfonamides is 1. The number of benzene rings is 1. The lowest BCUT2D eigenvalue weighted by Gasteiger charge is -2.13. The molecule has 0 fully saturated rings. The summed E-state index contributed by atoms with van der Waals surface area (Å²) in [5, 5.41) is 0.332. The van der Waals surface area contributed by atoms with Gasteiger partial charge in [-0.3, -0.25) is 9.71 Å². The molecule has 0 amide bonds. The van der Waals surface area contributed by atoms with Crippen LogP contribution in [0.25, 0.3) is 0 Å². The Labute approximate surface area is 122 Å². The average molecular weight is 312 g/mol. The number of nitrogens with zero attached hydrogens (tertiary/aromatic N) is 1. The maximum Gasteiger partial charge on any atom is 0.262 e. The first-order chi connectivity index (χ1) is 9.31. The van der Waals surface area contributed by atoms with E-state index in [9.17, 15) is 8.42 Å². The summed E-state index contributed by atoms with van der Waals surface area (Å²) in [6.07, 6.45) is 1.60. The molecule has 0 saturated carbocycles. The van der Waals surface area contributed by atoms with Gasteiger partial charge in [-0.15, -0.1) is 0 Å². The Morgan fingerprint density at radius 1 is 1.30 bits per heavy atom. The van der Waals surface area contributed by atoms with Crippen molar-refractivity contribution in [2.75, 3.05) is 10.5 Å². The van der Waals surface area contributed by atoms with Gasteiger partial charge < -0.3 is 5.73 Å². The fourth-order valence-corrected chi connectivity index (χ4v) is 3.35. The van der Waals surface area contributed by atoms with Gasteiger partial charge in [0.15, 0.2) is 0 Å². The molecule has 0 radical (unpaired) electrons. The molecule has 20 heavy (non-hydrogen) atoms. The first kappa shape index (κ1) is 14.6. The molecule has 5 nitrogen and oxygen atoms in total. The largest absolute Gasteiger partial charge is 0.397 e. The smallest absolute Gasteiger partial charge is 0.262 e. The van der Waals surface area contributed by atoms with E-state index in [4.69, 9.17) is 17.3 Å². The number of pyridine rings is 1. The molecule has 0 aliphatic carbocycles. The predicted octanol–water partition coefficient (Wildman–Crippen LogP) is 2.73. The SMILES string of the molecule is Cc1cc(Cl)c(N)cc1S(=O)(=O)Nc1cccnc1C. The van der Waals surface area contributed by atoms with Gasteiger partial charge in [0, 0.05) is 6.20 Å². The lowest BCUT2D eigenvalue weighted by atomic mass is 10.2. The second-order valence-electron chi connectivity index (χ2n) is 4.38. The number of hydrogen-bond donors (Lipinski definition) is 2. The Kier molecular flexibility index (Phi) is 3.87. The van der Waals surface area contributed by atoms with Crippen molar-refractivity contribution < 1.29 is 8.42 Å². The zero-order valence-electron chi connectivity index (χ0n) is 11.0. The zero-order valence-corrected chi connectivity index (χ0v) is 12.6. The monoisotopic (exact) mass is 311 g/mol. The van der Waals surface area contributed by atoms with Crippen molar-refractivity contribution in [3.63, 3.8) is 0 Å². The molecule has 1 aromatic heterocycles. The second kappa shape index (κ2) is 5.30. The third kappa shape index (κ3) is 2.86. The van der Waals surface area contributed by atoms with E-state index in [1.165, 1.54) is 12.1 Å². The molecule has 1 aromatic carbocycles. The Balaban J connectivity index is 2.47. The summed E-state index contributed by atoms with van der Waals surface area (Å²) in [7, 11) is -3.73. The second-order valence-corrected chi connectivity index (χ2v) is 6.44. The van der Waals surface area contributed by atoms with Gasteiger partial charge in [0.1, 0.15) is 0 Å². The van der Waals surface area contributed by atoms with Crippen molar-refractivity contribution in [1.82, 2.24) is 4.98 Å². The average Bonchev–Trinajstić information content (AvgIpc) is 2.36. The molecule has 0 aliphatic rings. The molecule has 2 aromatic rings. The first-order valence-corrected chi connectivity index (χ1v) is 7.67. The van der Waals surface area contributed by atoms with Gasteiger partial charge in [0.25, 0.3) is 10.0 Å². The highest BCUT2D eigenvalue weighted by Crippen LogP contribution is 2.27. The van der Waals surface area contributed by atoms with Gasteiger partial charge in [-0.2, -0.15) is 0 Å². The van der Waals surface area contributed by atoms with E-state index in [-0.39, 0.29) is 10.6 Å². The van der Waals surface area contributed by atoms with Crippen molar-refractivity contribution in [2.24, 2.45) is 0 Å². The fraction of sp³-hybridized carbons (Fsp3) is 0.154. The summed E-state index contributed by atoms with van der Waals surface area (Å²) in [5.41, 5.74) is 7.45. The number of nitrogen functional groups attached to an aromatic ring is 1. The summed E-state index contributed by atoms with van der Waals surface area (Å²) in [4.78, 5) is 4.14. The van der Waals surface area contributed by atoms with Crippen LogP contribution in [-0.4, -0.2) is 13.4 Å². The van der Waals surface area contributed by atoms with E-state index in [1.807, 2.05) is 0 Å². The van der Waals surface area contributed by atoms with Crippen LogP contribution in [0.1, 0.15) is 11.3 Å². The number of aryl methyl sites for hydroxylation is 2. The van der Waals surface area contributed by atoms with Crippen LogP contribution in [-0.2, 0) is 10.0 Å². The van der Waals surface area contributed by atoms with Crippen LogP contribution < -0.4 is 10.5 Å². The summed E-state index contributed by atoms with van der Waals surface area (Å²) in [5.74, 6) is 0. The van der Waals surface area contributed by atoms with Gasteiger partial charge in [-0.1, -0.05) is 11.6 Å². The minimum atomic E-state index is -3.73. The van der Waals surface area contributed by atoms with Crippen LogP contribution in [0.15, 0.2) is 35.4 Å². The van der Waals surface area contributed by atoms with Crippen LogP contribution in [0.4, 0.5) is 11.4 Å². The lowest BCUT2D eigenvalue weighted by Crippen LogP contribution is -2.15. The molecule has 106 valence electrons. The molecule has 2 rings (SSSR count). The minimum Gasteiger partial charge on any atom is -0.397 e. The van der Waals surface area contributed by atoms with E-state index < -0.39 is 10.0 Å².